The summed E-state index contributed by atoms with van der Waals surface area (Å²) in [7, 11) is 0. The van der Waals surface area contributed by atoms with Crippen LogP contribution in [0.5, 0.6) is 0 Å². The van der Waals surface area contributed by atoms with Crippen LogP contribution in [0.4, 0.5) is 0 Å². The first kappa shape index (κ1) is 14.2. The van der Waals surface area contributed by atoms with Crippen molar-refractivity contribution in [2.75, 3.05) is 0 Å². The number of pyridine rings is 1. The van der Waals surface area contributed by atoms with E-state index in [0.29, 0.717) is 5.02 Å². The zero-order valence-electron chi connectivity index (χ0n) is 13.1. The second kappa shape index (κ2) is 5.06. The zero-order chi connectivity index (χ0) is 16.1. The minimum Gasteiger partial charge on any atom is -0.276 e. The van der Waals surface area contributed by atoms with Crippen molar-refractivity contribution in [1.29, 1.82) is 0 Å². The highest BCUT2D eigenvalue weighted by Crippen LogP contribution is 2.34. The first-order valence-corrected chi connectivity index (χ1v) is 7.91. The predicted molar refractivity (Wildman–Crippen MR) is 92.7 cm³/mol. The van der Waals surface area contributed by atoms with Crippen molar-refractivity contribution >= 4 is 33.5 Å². The summed E-state index contributed by atoms with van der Waals surface area (Å²) in [4.78, 5) is 4.70. The lowest BCUT2D eigenvalue weighted by molar-refractivity contribution is 0.543. The second-order valence-corrected chi connectivity index (χ2v) is 6.41. The molecule has 0 aliphatic heterocycles. The lowest BCUT2D eigenvalue weighted by Gasteiger charge is -2.11. The van der Waals surface area contributed by atoms with Gasteiger partial charge in [0.25, 0.3) is 0 Å². The molecule has 1 aromatic carbocycles. The number of nitrogens with one attached hydrogen (secondary N) is 1. The Kier molecular flexibility index (Phi) is 3.13. The van der Waals surface area contributed by atoms with E-state index in [1.807, 2.05) is 29.8 Å². The average Bonchev–Trinajstić information content (AvgIpc) is 3.10. The quantitative estimate of drug-likeness (QED) is 0.589. The molecule has 0 amide bonds. The molecule has 1 N–H and O–H groups in total. The van der Waals surface area contributed by atoms with E-state index < -0.39 is 0 Å². The third-order valence-electron chi connectivity index (χ3n) is 3.95. The van der Waals surface area contributed by atoms with E-state index in [1.54, 1.807) is 6.20 Å². The lowest BCUT2D eigenvalue weighted by atomic mass is 10.1. The first-order valence-electron chi connectivity index (χ1n) is 7.53. The molecular formula is C17H16ClN5. The SMILES string of the molecule is Cc1ccc2nn(C(C)C)c(-c3cc(Cl)c4[nH]ncc4c3)c2n1. The fraction of sp³-hybridized carbons (Fsp3) is 0.235. The van der Waals surface area contributed by atoms with E-state index in [9.17, 15) is 0 Å². The maximum atomic E-state index is 6.41. The number of aromatic nitrogens is 5. The van der Waals surface area contributed by atoms with E-state index >= 15 is 0 Å². The Balaban J connectivity index is 2.09. The molecule has 0 spiro atoms. The Morgan fingerprint density at radius 3 is 2.83 bits per heavy atom. The van der Waals surface area contributed by atoms with E-state index in [0.717, 1.165) is 38.9 Å². The molecule has 4 rings (SSSR count). The van der Waals surface area contributed by atoms with Crippen molar-refractivity contribution in [1.82, 2.24) is 25.0 Å². The van der Waals surface area contributed by atoms with Gasteiger partial charge in [0.15, 0.2) is 0 Å². The maximum Gasteiger partial charge on any atom is 0.117 e. The highest BCUT2D eigenvalue weighted by atomic mass is 35.5. The second-order valence-electron chi connectivity index (χ2n) is 6.00. The first-order chi connectivity index (χ1) is 11.0. The van der Waals surface area contributed by atoms with Crippen LogP contribution in [0.15, 0.2) is 30.5 Å². The number of fused-ring (bicyclic) bond motifs is 2. The van der Waals surface area contributed by atoms with Crippen molar-refractivity contribution < 1.29 is 0 Å². The number of rotatable bonds is 2. The van der Waals surface area contributed by atoms with Gasteiger partial charge in [0.05, 0.1) is 22.4 Å². The number of halogens is 1. The van der Waals surface area contributed by atoms with E-state index in [1.165, 1.54) is 0 Å². The van der Waals surface area contributed by atoms with Crippen LogP contribution in [0.2, 0.25) is 5.02 Å². The van der Waals surface area contributed by atoms with Gasteiger partial charge in [0.1, 0.15) is 11.0 Å². The Morgan fingerprint density at radius 2 is 2.04 bits per heavy atom. The molecule has 0 atom stereocenters. The van der Waals surface area contributed by atoms with Crippen LogP contribution >= 0.6 is 11.6 Å². The molecule has 3 heterocycles. The molecule has 4 aromatic rings. The van der Waals surface area contributed by atoms with Gasteiger partial charge in [-0.15, -0.1) is 0 Å². The molecule has 5 nitrogen and oxygen atoms in total. The fourth-order valence-electron chi connectivity index (χ4n) is 2.87. The molecule has 0 saturated carbocycles. The number of H-pyrrole nitrogens is 1. The van der Waals surface area contributed by atoms with Gasteiger partial charge in [-0.25, -0.2) is 4.98 Å². The van der Waals surface area contributed by atoms with Crippen LogP contribution in [0.1, 0.15) is 25.6 Å². The summed E-state index contributed by atoms with van der Waals surface area (Å²) in [5.41, 5.74) is 5.60. The predicted octanol–water partition coefficient (Wildman–Crippen LogP) is 4.52. The van der Waals surface area contributed by atoms with Gasteiger partial charge >= 0.3 is 0 Å². The summed E-state index contributed by atoms with van der Waals surface area (Å²) in [6.45, 7) is 6.21. The number of nitrogens with zero attached hydrogens (tertiary/aromatic N) is 4. The molecule has 0 aliphatic rings. The highest BCUT2D eigenvalue weighted by molar-refractivity contribution is 6.35. The van der Waals surface area contributed by atoms with Gasteiger partial charge in [-0.3, -0.25) is 9.78 Å². The van der Waals surface area contributed by atoms with Gasteiger partial charge in [-0.2, -0.15) is 10.2 Å². The Bertz CT molecular complexity index is 1030. The molecule has 0 unspecified atom stereocenters. The molecule has 0 saturated heterocycles. The standard InChI is InChI=1S/C17H16ClN5/c1-9(2)23-17(16-14(22-23)5-4-10(3)20-16)11-6-12-8-19-21-15(12)13(18)7-11/h4-9H,1-3H3,(H,19,21). The summed E-state index contributed by atoms with van der Waals surface area (Å²) in [5.74, 6) is 0. The van der Waals surface area contributed by atoms with Gasteiger partial charge in [-0.05, 0) is 45.0 Å². The van der Waals surface area contributed by atoms with E-state index in [-0.39, 0.29) is 6.04 Å². The summed E-state index contributed by atoms with van der Waals surface area (Å²) in [6, 6.07) is 8.23. The normalized spacial score (nSPS) is 11.9. The number of aryl methyl sites for hydroxylation is 1. The minimum absolute atomic E-state index is 0.221. The lowest BCUT2D eigenvalue weighted by Crippen LogP contribution is -2.04. The molecule has 0 fully saturated rings. The van der Waals surface area contributed by atoms with Gasteiger partial charge in [0.2, 0.25) is 0 Å². The van der Waals surface area contributed by atoms with Crippen LogP contribution in [0.25, 0.3) is 33.2 Å². The molecule has 6 heteroatoms. The van der Waals surface area contributed by atoms with E-state index in [2.05, 4.69) is 30.1 Å². The van der Waals surface area contributed by atoms with Crippen LogP contribution < -0.4 is 0 Å². The maximum absolute atomic E-state index is 6.41. The smallest absolute Gasteiger partial charge is 0.117 e. The molecular weight excluding hydrogens is 310 g/mol. The van der Waals surface area contributed by atoms with Crippen LogP contribution in [0, 0.1) is 6.92 Å². The Labute approximate surface area is 138 Å². The molecule has 0 bridgehead atoms. The van der Waals surface area contributed by atoms with Crippen molar-refractivity contribution in [3.63, 3.8) is 0 Å². The number of hydrogen-bond acceptors (Lipinski definition) is 3. The summed E-state index contributed by atoms with van der Waals surface area (Å²) in [5, 5.41) is 13.3. The van der Waals surface area contributed by atoms with E-state index in [4.69, 9.17) is 21.7 Å². The number of hydrogen-bond donors (Lipinski definition) is 1. The number of aromatic amines is 1. The third kappa shape index (κ3) is 2.19. The molecule has 3 aromatic heterocycles. The van der Waals surface area contributed by atoms with Crippen molar-refractivity contribution in [2.24, 2.45) is 0 Å². The van der Waals surface area contributed by atoms with Crippen molar-refractivity contribution in [3.8, 4) is 11.3 Å². The number of benzene rings is 1. The van der Waals surface area contributed by atoms with Gasteiger partial charge in [0, 0.05) is 22.7 Å². The molecule has 23 heavy (non-hydrogen) atoms. The largest absolute Gasteiger partial charge is 0.276 e. The fourth-order valence-corrected chi connectivity index (χ4v) is 3.14. The topological polar surface area (TPSA) is 59.4 Å². The van der Waals surface area contributed by atoms with Gasteiger partial charge in [-0.1, -0.05) is 11.6 Å². The Morgan fingerprint density at radius 1 is 1.22 bits per heavy atom. The van der Waals surface area contributed by atoms with Crippen molar-refractivity contribution in [3.05, 3.63) is 41.2 Å². The highest BCUT2D eigenvalue weighted by Gasteiger charge is 2.18. The van der Waals surface area contributed by atoms with Crippen LogP contribution in [-0.2, 0) is 0 Å². The average molecular weight is 326 g/mol. The molecule has 116 valence electrons. The van der Waals surface area contributed by atoms with Crippen LogP contribution in [0.3, 0.4) is 0 Å². The Hall–Kier alpha value is -2.40. The van der Waals surface area contributed by atoms with Crippen molar-refractivity contribution in [2.45, 2.75) is 26.8 Å². The van der Waals surface area contributed by atoms with Gasteiger partial charge < -0.3 is 0 Å². The monoisotopic (exact) mass is 325 g/mol. The molecule has 0 aliphatic carbocycles. The summed E-state index contributed by atoms with van der Waals surface area (Å²) < 4.78 is 2.01. The zero-order valence-corrected chi connectivity index (χ0v) is 13.9. The van der Waals surface area contributed by atoms with Crippen LogP contribution in [-0.4, -0.2) is 25.0 Å². The third-order valence-corrected chi connectivity index (χ3v) is 4.24. The minimum atomic E-state index is 0.221. The summed E-state index contributed by atoms with van der Waals surface area (Å²) >= 11 is 6.41. The molecule has 0 radical (unpaired) electrons. The summed E-state index contributed by atoms with van der Waals surface area (Å²) in [6.07, 6.45) is 1.78.